The minimum Gasteiger partial charge on any atom is -0.377 e. The number of ketones is 2. The zero-order chi connectivity index (χ0) is 13.8. The van der Waals surface area contributed by atoms with E-state index in [0.717, 1.165) is 10.9 Å². The summed E-state index contributed by atoms with van der Waals surface area (Å²) >= 11 is 0. The summed E-state index contributed by atoms with van der Waals surface area (Å²) in [4.78, 5) is 27.0. The van der Waals surface area contributed by atoms with Crippen LogP contribution in [0.1, 0.15) is 20.7 Å². The summed E-state index contributed by atoms with van der Waals surface area (Å²) in [5.74, 6) is -0.441. The van der Waals surface area contributed by atoms with Crippen molar-refractivity contribution in [2.24, 2.45) is 0 Å². The van der Waals surface area contributed by atoms with Gasteiger partial charge in [-0.1, -0.05) is 0 Å². The molecule has 1 aromatic carbocycles. The van der Waals surface area contributed by atoms with Crippen molar-refractivity contribution >= 4 is 22.5 Å². The first-order chi connectivity index (χ1) is 9.17. The zero-order valence-electron chi connectivity index (χ0n) is 10.9. The summed E-state index contributed by atoms with van der Waals surface area (Å²) in [6.45, 7) is -0.108. The number of fused-ring (bicyclic) bond motifs is 1. The summed E-state index contributed by atoms with van der Waals surface area (Å²) in [6.07, 6.45) is 1.76. The molecule has 100 valence electrons. The van der Waals surface area contributed by atoms with Gasteiger partial charge in [0.2, 0.25) is 0 Å². The number of carbonyl (C=O) groups excluding carboxylic acids is 2. The number of nitrogens with one attached hydrogen (secondary N) is 1. The van der Waals surface area contributed by atoms with Crippen LogP contribution in [-0.4, -0.2) is 44.0 Å². The van der Waals surface area contributed by atoms with E-state index in [9.17, 15) is 9.59 Å². The largest absolute Gasteiger partial charge is 0.377 e. The van der Waals surface area contributed by atoms with Gasteiger partial charge < -0.3 is 14.5 Å². The Morgan fingerprint density at radius 1 is 1.05 bits per heavy atom. The van der Waals surface area contributed by atoms with Crippen molar-refractivity contribution in [3.63, 3.8) is 0 Å². The number of hydrogen-bond acceptors (Lipinski definition) is 4. The van der Waals surface area contributed by atoms with Gasteiger partial charge in [0.15, 0.2) is 11.6 Å². The van der Waals surface area contributed by atoms with Crippen LogP contribution in [-0.2, 0) is 9.47 Å². The van der Waals surface area contributed by atoms with Crippen LogP contribution in [0.25, 0.3) is 10.9 Å². The quantitative estimate of drug-likeness (QED) is 0.805. The first-order valence-corrected chi connectivity index (χ1v) is 5.82. The van der Waals surface area contributed by atoms with Gasteiger partial charge in [0.05, 0.1) is 0 Å². The Labute approximate surface area is 110 Å². The van der Waals surface area contributed by atoms with Crippen molar-refractivity contribution in [1.82, 2.24) is 4.98 Å². The standard InChI is InChI=1S/C14H15NO4/c1-18-7-13(16)10-5-9-3-4-15-12(9)6-11(10)14(17)8-19-2/h3-6,15H,7-8H2,1-2H3. The molecule has 0 aliphatic carbocycles. The number of hydrogen-bond donors (Lipinski definition) is 1. The Morgan fingerprint density at radius 2 is 1.63 bits per heavy atom. The monoisotopic (exact) mass is 261 g/mol. The molecule has 0 amide bonds. The second-order valence-corrected chi connectivity index (χ2v) is 4.18. The maximum absolute atomic E-state index is 12.0. The second-order valence-electron chi connectivity index (χ2n) is 4.18. The Kier molecular flexibility index (Phi) is 4.09. The lowest BCUT2D eigenvalue weighted by atomic mass is 9.98. The average Bonchev–Trinajstić information content (AvgIpc) is 2.85. The normalized spacial score (nSPS) is 10.8. The summed E-state index contributed by atoms with van der Waals surface area (Å²) in [6, 6.07) is 5.24. The highest BCUT2D eigenvalue weighted by Crippen LogP contribution is 2.20. The first kappa shape index (κ1) is 13.5. The van der Waals surface area contributed by atoms with Gasteiger partial charge in [-0.05, 0) is 18.2 Å². The van der Waals surface area contributed by atoms with E-state index in [0.29, 0.717) is 11.1 Å². The molecule has 2 rings (SSSR count). The third kappa shape index (κ3) is 2.72. The van der Waals surface area contributed by atoms with Crippen LogP contribution in [0.3, 0.4) is 0 Å². The van der Waals surface area contributed by atoms with E-state index in [1.165, 1.54) is 14.2 Å². The molecule has 5 nitrogen and oxygen atoms in total. The molecular formula is C14H15NO4. The first-order valence-electron chi connectivity index (χ1n) is 5.82. The highest BCUT2D eigenvalue weighted by molar-refractivity contribution is 6.12. The topological polar surface area (TPSA) is 68.4 Å². The minimum atomic E-state index is -0.224. The van der Waals surface area contributed by atoms with Crippen LogP contribution in [0.5, 0.6) is 0 Å². The molecule has 1 aromatic heterocycles. The van der Waals surface area contributed by atoms with E-state index in [1.807, 2.05) is 6.07 Å². The molecule has 19 heavy (non-hydrogen) atoms. The fourth-order valence-electron chi connectivity index (χ4n) is 1.98. The number of aromatic nitrogens is 1. The lowest BCUT2D eigenvalue weighted by Crippen LogP contribution is -2.16. The molecule has 5 heteroatoms. The van der Waals surface area contributed by atoms with Gasteiger partial charge in [-0.25, -0.2) is 0 Å². The molecule has 0 atom stereocenters. The van der Waals surface area contributed by atoms with Gasteiger partial charge in [0.25, 0.3) is 0 Å². The van der Waals surface area contributed by atoms with E-state index in [-0.39, 0.29) is 24.8 Å². The van der Waals surface area contributed by atoms with Crippen LogP contribution in [0.15, 0.2) is 24.4 Å². The van der Waals surface area contributed by atoms with Crippen molar-refractivity contribution < 1.29 is 19.1 Å². The molecule has 2 aromatic rings. The number of aromatic amines is 1. The SMILES string of the molecule is COCC(=O)c1cc2cc[nH]c2cc1C(=O)COC. The number of rotatable bonds is 6. The number of ether oxygens (including phenoxy) is 2. The van der Waals surface area contributed by atoms with E-state index in [4.69, 9.17) is 9.47 Å². The molecule has 0 aliphatic heterocycles. The Bertz CT molecular complexity index is 563. The Balaban J connectivity index is 2.53. The molecule has 0 fully saturated rings. The molecule has 1 N–H and O–H groups in total. The van der Waals surface area contributed by atoms with Gasteiger partial charge in [-0.3, -0.25) is 9.59 Å². The molecule has 0 radical (unpaired) electrons. The third-order valence-electron chi connectivity index (χ3n) is 2.84. The fourth-order valence-corrected chi connectivity index (χ4v) is 1.98. The number of methoxy groups -OCH3 is 2. The molecule has 0 saturated carbocycles. The van der Waals surface area contributed by atoms with E-state index < -0.39 is 0 Å². The number of H-pyrrole nitrogens is 1. The lowest BCUT2D eigenvalue weighted by Gasteiger charge is -2.08. The summed E-state index contributed by atoms with van der Waals surface area (Å²) in [5.41, 5.74) is 1.54. The number of Topliss-reactive ketones (excluding diaryl/α,β-unsaturated/α-hetero) is 2. The number of benzene rings is 1. The minimum absolute atomic E-state index is 0.0524. The summed E-state index contributed by atoms with van der Waals surface area (Å²) < 4.78 is 9.69. The second kappa shape index (κ2) is 5.77. The zero-order valence-corrected chi connectivity index (χ0v) is 10.9. The van der Waals surface area contributed by atoms with Gasteiger partial charge in [0, 0.05) is 42.4 Å². The highest BCUT2D eigenvalue weighted by Gasteiger charge is 2.18. The molecule has 0 spiro atoms. The van der Waals surface area contributed by atoms with Crippen LogP contribution < -0.4 is 0 Å². The molecule has 0 bridgehead atoms. The van der Waals surface area contributed by atoms with E-state index in [2.05, 4.69) is 4.98 Å². The van der Waals surface area contributed by atoms with Crippen LogP contribution in [0.2, 0.25) is 0 Å². The van der Waals surface area contributed by atoms with Crippen molar-refractivity contribution in [3.05, 3.63) is 35.5 Å². The summed E-state index contributed by atoms with van der Waals surface area (Å²) in [7, 11) is 2.89. The Hall–Kier alpha value is -1.98. The smallest absolute Gasteiger partial charge is 0.189 e. The maximum Gasteiger partial charge on any atom is 0.189 e. The molecular weight excluding hydrogens is 246 g/mol. The van der Waals surface area contributed by atoms with Gasteiger partial charge in [-0.15, -0.1) is 0 Å². The van der Waals surface area contributed by atoms with Gasteiger partial charge in [-0.2, -0.15) is 0 Å². The predicted molar refractivity (Wildman–Crippen MR) is 70.7 cm³/mol. The van der Waals surface area contributed by atoms with E-state index >= 15 is 0 Å². The van der Waals surface area contributed by atoms with Crippen LogP contribution in [0, 0.1) is 0 Å². The van der Waals surface area contributed by atoms with Crippen LogP contribution >= 0.6 is 0 Å². The van der Waals surface area contributed by atoms with Gasteiger partial charge in [0.1, 0.15) is 13.2 Å². The third-order valence-corrected chi connectivity index (χ3v) is 2.84. The molecule has 0 unspecified atom stereocenters. The van der Waals surface area contributed by atoms with Crippen LogP contribution in [0.4, 0.5) is 0 Å². The van der Waals surface area contributed by atoms with Gasteiger partial charge >= 0.3 is 0 Å². The molecule has 0 saturated heterocycles. The Morgan fingerprint density at radius 3 is 2.21 bits per heavy atom. The fraction of sp³-hybridized carbons (Fsp3) is 0.286. The summed E-state index contributed by atoms with van der Waals surface area (Å²) in [5, 5.41) is 0.883. The van der Waals surface area contributed by atoms with Crippen molar-refractivity contribution in [3.8, 4) is 0 Å². The maximum atomic E-state index is 12.0. The molecule has 0 aliphatic rings. The molecule has 1 heterocycles. The number of carbonyl (C=O) groups is 2. The highest BCUT2D eigenvalue weighted by atomic mass is 16.5. The van der Waals surface area contributed by atoms with Crippen molar-refractivity contribution in [1.29, 1.82) is 0 Å². The van der Waals surface area contributed by atoms with E-state index in [1.54, 1.807) is 18.3 Å². The van der Waals surface area contributed by atoms with Crippen molar-refractivity contribution in [2.45, 2.75) is 0 Å². The lowest BCUT2D eigenvalue weighted by molar-refractivity contribution is 0.0815. The predicted octanol–water partition coefficient (Wildman–Crippen LogP) is 1.83. The van der Waals surface area contributed by atoms with Crippen molar-refractivity contribution in [2.75, 3.05) is 27.4 Å². The average molecular weight is 261 g/mol.